The summed E-state index contributed by atoms with van der Waals surface area (Å²) in [5.41, 5.74) is -1.41. The van der Waals surface area contributed by atoms with Crippen LogP contribution < -0.4 is 5.32 Å². The molecular formula is C13H19F2NO2. The highest BCUT2D eigenvalue weighted by molar-refractivity contribution is 5.24. The van der Waals surface area contributed by atoms with E-state index in [0.29, 0.717) is 19.7 Å². The van der Waals surface area contributed by atoms with Crippen LogP contribution in [0.5, 0.6) is 0 Å². The molecule has 0 saturated carbocycles. The summed E-state index contributed by atoms with van der Waals surface area (Å²) in [6.07, 6.45) is 0.289. The maximum atomic E-state index is 13.5. The molecule has 0 heterocycles. The lowest BCUT2D eigenvalue weighted by molar-refractivity contribution is 0.0435. The third-order valence-electron chi connectivity index (χ3n) is 2.78. The number of aliphatic hydroxyl groups is 1. The summed E-state index contributed by atoms with van der Waals surface area (Å²) in [7, 11) is 1.60. The fourth-order valence-electron chi connectivity index (χ4n) is 1.68. The molecule has 18 heavy (non-hydrogen) atoms. The van der Waals surface area contributed by atoms with Crippen LogP contribution in [0.4, 0.5) is 8.78 Å². The molecule has 0 radical (unpaired) electrons. The second-order valence-corrected chi connectivity index (χ2v) is 4.39. The zero-order valence-electron chi connectivity index (χ0n) is 10.7. The van der Waals surface area contributed by atoms with Crippen molar-refractivity contribution in [3.05, 3.63) is 35.4 Å². The van der Waals surface area contributed by atoms with Crippen LogP contribution in [0.2, 0.25) is 0 Å². The summed E-state index contributed by atoms with van der Waals surface area (Å²) in [4.78, 5) is 0. The molecule has 2 N–H and O–H groups in total. The van der Waals surface area contributed by atoms with Crippen molar-refractivity contribution in [3.8, 4) is 0 Å². The van der Waals surface area contributed by atoms with Gasteiger partial charge in [-0.05, 0) is 38.1 Å². The molecule has 0 bridgehead atoms. The van der Waals surface area contributed by atoms with Gasteiger partial charge in [0.25, 0.3) is 0 Å². The first-order valence-corrected chi connectivity index (χ1v) is 5.85. The van der Waals surface area contributed by atoms with E-state index in [1.807, 2.05) is 0 Å². The Bertz CT molecular complexity index is 383. The van der Waals surface area contributed by atoms with Gasteiger partial charge in [0.15, 0.2) is 0 Å². The smallest absolute Gasteiger partial charge is 0.129 e. The Kier molecular flexibility index (Phi) is 5.65. The Hall–Kier alpha value is -1.04. The van der Waals surface area contributed by atoms with Gasteiger partial charge < -0.3 is 15.2 Å². The first-order valence-electron chi connectivity index (χ1n) is 5.85. The Morgan fingerprint density at radius 2 is 2.06 bits per heavy atom. The molecule has 0 aromatic heterocycles. The van der Waals surface area contributed by atoms with E-state index < -0.39 is 17.2 Å². The van der Waals surface area contributed by atoms with Crippen molar-refractivity contribution in [2.75, 3.05) is 26.8 Å². The molecule has 1 aromatic carbocycles. The predicted octanol–water partition coefficient (Wildman–Crippen LogP) is 1.80. The van der Waals surface area contributed by atoms with Crippen molar-refractivity contribution < 1.29 is 18.6 Å². The summed E-state index contributed by atoms with van der Waals surface area (Å²) >= 11 is 0. The molecule has 0 aliphatic rings. The summed E-state index contributed by atoms with van der Waals surface area (Å²) in [5, 5.41) is 13.2. The van der Waals surface area contributed by atoms with E-state index >= 15 is 0 Å². The molecular weight excluding hydrogens is 240 g/mol. The Morgan fingerprint density at radius 1 is 1.33 bits per heavy atom. The van der Waals surface area contributed by atoms with Crippen LogP contribution in [-0.2, 0) is 10.3 Å². The number of hydrogen-bond acceptors (Lipinski definition) is 3. The lowest BCUT2D eigenvalue weighted by atomic mass is 9.92. The van der Waals surface area contributed by atoms with Gasteiger partial charge in [-0.25, -0.2) is 8.78 Å². The second-order valence-electron chi connectivity index (χ2n) is 4.39. The lowest BCUT2D eigenvalue weighted by Gasteiger charge is -2.24. The third kappa shape index (κ3) is 4.33. The maximum Gasteiger partial charge on any atom is 0.129 e. The van der Waals surface area contributed by atoms with Gasteiger partial charge in [0.1, 0.15) is 11.6 Å². The normalized spacial score (nSPS) is 14.5. The average Bonchev–Trinajstić information content (AvgIpc) is 2.32. The van der Waals surface area contributed by atoms with Gasteiger partial charge in [0.2, 0.25) is 0 Å². The van der Waals surface area contributed by atoms with Crippen LogP contribution in [-0.4, -0.2) is 31.9 Å². The van der Waals surface area contributed by atoms with Crippen molar-refractivity contribution in [1.82, 2.24) is 5.32 Å². The van der Waals surface area contributed by atoms with Gasteiger partial charge in [-0.3, -0.25) is 0 Å². The van der Waals surface area contributed by atoms with Crippen LogP contribution in [0, 0.1) is 11.6 Å². The molecule has 0 amide bonds. The number of hydrogen-bond donors (Lipinski definition) is 2. The molecule has 1 aromatic rings. The molecule has 0 aliphatic heterocycles. The molecule has 1 atom stereocenters. The van der Waals surface area contributed by atoms with Crippen LogP contribution in [0.1, 0.15) is 18.9 Å². The SMILES string of the molecule is COCCNCCC(C)(O)c1cc(F)ccc1F. The van der Waals surface area contributed by atoms with Gasteiger partial charge in [-0.1, -0.05) is 0 Å². The van der Waals surface area contributed by atoms with E-state index in [1.54, 1.807) is 7.11 Å². The lowest BCUT2D eigenvalue weighted by Crippen LogP contribution is -2.30. The van der Waals surface area contributed by atoms with E-state index in [2.05, 4.69) is 5.32 Å². The predicted molar refractivity (Wildman–Crippen MR) is 65.3 cm³/mol. The Labute approximate surface area is 106 Å². The fourth-order valence-corrected chi connectivity index (χ4v) is 1.68. The van der Waals surface area contributed by atoms with Gasteiger partial charge in [-0.2, -0.15) is 0 Å². The Balaban J connectivity index is 2.59. The first kappa shape index (κ1) is 15.0. The number of rotatable bonds is 7. The second kappa shape index (κ2) is 6.78. The number of halogens is 2. The minimum absolute atomic E-state index is 0.0176. The largest absolute Gasteiger partial charge is 0.385 e. The minimum atomic E-state index is -1.40. The van der Waals surface area contributed by atoms with Gasteiger partial charge in [0, 0.05) is 19.2 Å². The van der Waals surface area contributed by atoms with Gasteiger partial charge in [0.05, 0.1) is 12.2 Å². The van der Waals surface area contributed by atoms with E-state index in [4.69, 9.17) is 4.74 Å². The summed E-state index contributed by atoms with van der Waals surface area (Å²) < 4.78 is 31.4. The molecule has 0 spiro atoms. The number of nitrogens with one attached hydrogen (secondary N) is 1. The minimum Gasteiger partial charge on any atom is -0.385 e. The van der Waals surface area contributed by atoms with Crippen molar-refractivity contribution in [2.45, 2.75) is 18.9 Å². The highest BCUT2D eigenvalue weighted by Gasteiger charge is 2.26. The first-order chi connectivity index (χ1) is 8.47. The molecule has 0 saturated heterocycles. The zero-order valence-corrected chi connectivity index (χ0v) is 10.7. The van der Waals surface area contributed by atoms with Crippen LogP contribution in [0.3, 0.4) is 0 Å². The highest BCUT2D eigenvalue weighted by Crippen LogP contribution is 2.27. The number of benzene rings is 1. The average molecular weight is 259 g/mol. The van der Waals surface area contributed by atoms with Crippen molar-refractivity contribution in [1.29, 1.82) is 0 Å². The third-order valence-corrected chi connectivity index (χ3v) is 2.78. The van der Waals surface area contributed by atoms with Crippen molar-refractivity contribution in [2.24, 2.45) is 0 Å². The Morgan fingerprint density at radius 3 is 2.72 bits per heavy atom. The van der Waals surface area contributed by atoms with E-state index in [9.17, 15) is 13.9 Å². The van der Waals surface area contributed by atoms with Gasteiger partial charge >= 0.3 is 0 Å². The summed E-state index contributed by atoms with van der Waals surface area (Å²) in [5.74, 6) is -1.16. The molecule has 0 fully saturated rings. The topological polar surface area (TPSA) is 41.5 Å². The van der Waals surface area contributed by atoms with E-state index in [1.165, 1.54) is 6.92 Å². The zero-order chi connectivity index (χ0) is 13.6. The fraction of sp³-hybridized carbons (Fsp3) is 0.538. The van der Waals surface area contributed by atoms with Crippen molar-refractivity contribution >= 4 is 0 Å². The molecule has 1 unspecified atom stereocenters. The van der Waals surface area contributed by atoms with E-state index in [0.717, 1.165) is 18.2 Å². The number of methoxy groups -OCH3 is 1. The van der Waals surface area contributed by atoms with E-state index in [-0.39, 0.29) is 12.0 Å². The van der Waals surface area contributed by atoms with Gasteiger partial charge in [-0.15, -0.1) is 0 Å². The van der Waals surface area contributed by atoms with Crippen molar-refractivity contribution in [3.63, 3.8) is 0 Å². The van der Waals surface area contributed by atoms with Crippen LogP contribution in [0.25, 0.3) is 0 Å². The molecule has 3 nitrogen and oxygen atoms in total. The summed E-state index contributed by atoms with van der Waals surface area (Å²) in [6.45, 7) is 3.18. The standard InChI is InChI=1S/C13H19F2NO2/c1-13(17,5-6-16-7-8-18-2)11-9-10(14)3-4-12(11)15/h3-4,9,16-17H,5-8H2,1-2H3. The van der Waals surface area contributed by atoms with Crippen LogP contribution in [0.15, 0.2) is 18.2 Å². The molecule has 102 valence electrons. The monoisotopic (exact) mass is 259 g/mol. The molecule has 1 rings (SSSR count). The molecule has 0 aliphatic carbocycles. The maximum absolute atomic E-state index is 13.5. The van der Waals surface area contributed by atoms with Crippen LogP contribution >= 0.6 is 0 Å². The summed E-state index contributed by atoms with van der Waals surface area (Å²) in [6, 6.07) is 3.09. The number of ether oxygens (including phenoxy) is 1. The highest BCUT2D eigenvalue weighted by atomic mass is 19.1. The molecule has 5 heteroatoms. The quantitative estimate of drug-likeness (QED) is 0.734.